The van der Waals surface area contributed by atoms with E-state index in [0.717, 1.165) is 10.5 Å². The minimum atomic E-state index is -0.563. The Morgan fingerprint density at radius 1 is 0.970 bits per heavy atom. The SMILES string of the molecule is Cc1nn(C)c2nc(-c3ccccc3)cc(C(=O)OCCN3C(=O)c4ccccc4C3=O)c12. The second-order valence-corrected chi connectivity index (χ2v) is 7.77. The van der Waals surface area contributed by atoms with Crippen molar-refractivity contribution in [3.05, 3.63) is 83.0 Å². The number of esters is 1. The summed E-state index contributed by atoms with van der Waals surface area (Å²) in [6, 6.07) is 17.9. The Morgan fingerprint density at radius 2 is 1.61 bits per heavy atom. The average molecular weight is 440 g/mol. The summed E-state index contributed by atoms with van der Waals surface area (Å²) in [5, 5.41) is 5.02. The fourth-order valence-electron chi connectivity index (χ4n) is 4.11. The van der Waals surface area contributed by atoms with Gasteiger partial charge in [-0.1, -0.05) is 42.5 Å². The Bertz CT molecular complexity index is 1390. The molecule has 33 heavy (non-hydrogen) atoms. The number of carbonyl (C=O) groups is 3. The first-order valence-electron chi connectivity index (χ1n) is 10.5. The minimum absolute atomic E-state index is 0.0239. The van der Waals surface area contributed by atoms with Crippen molar-refractivity contribution < 1.29 is 19.1 Å². The lowest BCUT2D eigenvalue weighted by molar-refractivity contribution is 0.0422. The fraction of sp³-hybridized carbons (Fsp3) is 0.160. The zero-order chi connectivity index (χ0) is 23.1. The molecule has 0 fully saturated rings. The van der Waals surface area contributed by atoms with Gasteiger partial charge in [-0.05, 0) is 25.1 Å². The van der Waals surface area contributed by atoms with Crippen molar-refractivity contribution in [2.24, 2.45) is 7.05 Å². The molecule has 2 aromatic heterocycles. The number of carbonyl (C=O) groups excluding carboxylic acids is 3. The number of hydrogen-bond acceptors (Lipinski definition) is 6. The number of fused-ring (bicyclic) bond motifs is 2. The van der Waals surface area contributed by atoms with Gasteiger partial charge in [-0.15, -0.1) is 0 Å². The fourth-order valence-corrected chi connectivity index (χ4v) is 4.11. The predicted molar refractivity (Wildman–Crippen MR) is 121 cm³/mol. The van der Waals surface area contributed by atoms with Gasteiger partial charge in [0.25, 0.3) is 11.8 Å². The summed E-state index contributed by atoms with van der Waals surface area (Å²) < 4.78 is 7.13. The van der Waals surface area contributed by atoms with Gasteiger partial charge in [0, 0.05) is 12.6 Å². The van der Waals surface area contributed by atoms with Crippen LogP contribution in [0.3, 0.4) is 0 Å². The van der Waals surface area contributed by atoms with Gasteiger partial charge < -0.3 is 4.74 Å². The van der Waals surface area contributed by atoms with Crippen molar-refractivity contribution in [3.8, 4) is 11.3 Å². The first kappa shape index (κ1) is 20.6. The molecule has 164 valence electrons. The first-order valence-corrected chi connectivity index (χ1v) is 10.5. The molecule has 8 nitrogen and oxygen atoms in total. The number of nitrogens with zero attached hydrogens (tertiary/aromatic N) is 4. The molecule has 0 unspecified atom stereocenters. The van der Waals surface area contributed by atoms with Crippen molar-refractivity contribution in [3.63, 3.8) is 0 Å². The number of rotatable bonds is 5. The highest BCUT2D eigenvalue weighted by Gasteiger charge is 2.35. The molecule has 0 saturated carbocycles. The summed E-state index contributed by atoms with van der Waals surface area (Å²) >= 11 is 0. The highest BCUT2D eigenvalue weighted by atomic mass is 16.5. The normalized spacial score (nSPS) is 13.0. The number of aromatic nitrogens is 3. The zero-order valence-electron chi connectivity index (χ0n) is 18.1. The third-order valence-corrected chi connectivity index (χ3v) is 5.68. The summed E-state index contributed by atoms with van der Waals surface area (Å²) in [4.78, 5) is 43.9. The molecule has 0 bridgehead atoms. The average Bonchev–Trinajstić information content (AvgIpc) is 3.26. The van der Waals surface area contributed by atoms with E-state index in [1.165, 1.54) is 0 Å². The van der Waals surface area contributed by atoms with Gasteiger partial charge >= 0.3 is 5.97 Å². The monoisotopic (exact) mass is 440 g/mol. The van der Waals surface area contributed by atoms with Crippen molar-refractivity contribution in [1.82, 2.24) is 19.7 Å². The molecule has 1 aliphatic rings. The second kappa shape index (κ2) is 7.98. The summed E-state index contributed by atoms with van der Waals surface area (Å²) in [6.07, 6.45) is 0. The van der Waals surface area contributed by atoms with Crippen LogP contribution < -0.4 is 0 Å². The zero-order valence-corrected chi connectivity index (χ0v) is 18.1. The summed E-state index contributed by atoms with van der Waals surface area (Å²) in [7, 11) is 1.77. The van der Waals surface area contributed by atoms with E-state index in [2.05, 4.69) is 5.10 Å². The molecule has 0 atom stereocenters. The Labute approximate surface area is 189 Å². The highest BCUT2D eigenvalue weighted by molar-refractivity contribution is 6.21. The predicted octanol–water partition coefficient (Wildman–Crippen LogP) is 3.40. The third kappa shape index (κ3) is 3.45. The van der Waals surface area contributed by atoms with E-state index in [-0.39, 0.29) is 25.0 Å². The van der Waals surface area contributed by atoms with E-state index >= 15 is 0 Å². The van der Waals surface area contributed by atoms with E-state index in [4.69, 9.17) is 9.72 Å². The molecule has 4 aromatic rings. The lowest BCUT2D eigenvalue weighted by Crippen LogP contribution is -2.33. The molecule has 0 spiro atoms. The third-order valence-electron chi connectivity index (χ3n) is 5.68. The molecule has 0 N–H and O–H groups in total. The minimum Gasteiger partial charge on any atom is -0.460 e. The molecule has 8 heteroatoms. The van der Waals surface area contributed by atoms with Crippen LogP contribution in [-0.2, 0) is 11.8 Å². The van der Waals surface area contributed by atoms with Gasteiger partial charge in [0.05, 0.1) is 40.0 Å². The lowest BCUT2D eigenvalue weighted by atomic mass is 10.1. The number of ether oxygens (including phenoxy) is 1. The van der Waals surface area contributed by atoms with Crippen LogP contribution >= 0.6 is 0 Å². The van der Waals surface area contributed by atoms with Crippen LogP contribution in [0.2, 0.25) is 0 Å². The van der Waals surface area contributed by atoms with E-state index < -0.39 is 5.97 Å². The van der Waals surface area contributed by atoms with Gasteiger partial charge in [-0.25, -0.2) is 9.78 Å². The first-order chi connectivity index (χ1) is 16.0. The maximum Gasteiger partial charge on any atom is 0.339 e. The van der Waals surface area contributed by atoms with E-state index in [1.807, 2.05) is 37.3 Å². The van der Waals surface area contributed by atoms with Crippen LogP contribution in [0.15, 0.2) is 60.7 Å². The van der Waals surface area contributed by atoms with Crippen molar-refractivity contribution in [1.29, 1.82) is 0 Å². The van der Waals surface area contributed by atoms with E-state index in [0.29, 0.717) is 39.1 Å². The molecular weight excluding hydrogens is 420 g/mol. The lowest BCUT2D eigenvalue weighted by Gasteiger charge is -2.14. The Hall–Kier alpha value is -4.33. The van der Waals surface area contributed by atoms with Crippen LogP contribution in [0, 0.1) is 6.92 Å². The molecule has 5 rings (SSSR count). The number of hydrogen-bond donors (Lipinski definition) is 0. The number of pyridine rings is 1. The molecule has 1 aliphatic heterocycles. The highest BCUT2D eigenvalue weighted by Crippen LogP contribution is 2.27. The van der Waals surface area contributed by atoms with Crippen LogP contribution in [0.4, 0.5) is 0 Å². The van der Waals surface area contributed by atoms with Crippen LogP contribution in [0.25, 0.3) is 22.3 Å². The van der Waals surface area contributed by atoms with Crippen LogP contribution in [0.1, 0.15) is 36.8 Å². The number of imide groups is 1. The standard InChI is InChI=1S/C25H20N4O4/c1-15-21-19(14-20(16-8-4-3-5-9-16)26-22(21)28(2)27-15)25(32)33-13-12-29-23(30)17-10-6-7-11-18(17)24(29)31/h3-11,14H,12-13H2,1-2H3. The maximum absolute atomic E-state index is 13.1. The summed E-state index contributed by atoms with van der Waals surface area (Å²) in [5.74, 6) is -1.33. The number of benzene rings is 2. The summed E-state index contributed by atoms with van der Waals surface area (Å²) in [6.45, 7) is 1.67. The van der Waals surface area contributed by atoms with Gasteiger partial charge in [-0.3, -0.25) is 19.2 Å². The molecular formula is C25H20N4O4. The molecule has 0 saturated heterocycles. The molecule has 2 aromatic carbocycles. The van der Waals surface area contributed by atoms with Crippen molar-refractivity contribution in [2.75, 3.05) is 13.2 Å². The molecule has 3 heterocycles. The Balaban J connectivity index is 1.40. The molecule has 2 amide bonds. The Kier molecular flexibility index (Phi) is 4.97. The topological polar surface area (TPSA) is 94.4 Å². The van der Waals surface area contributed by atoms with Gasteiger partial charge in [0.2, 0.25) is 0 Å². The van der Waals surface area contributed by atoms with Crippen molar-refractivity contribution in [2.45, 2.75) is 6.92 Å². The maximum atomic E-state index is 13.1. The smallest absolute Gasteiger partial charge is 0.339 e. The largest absolute Gasteiger partial charge is 0.460 e. The van der Waals surface area contributed by atoms with Crippen LogP contribution in [0.5, 0.6) is 0 Å². The van der Waals surface area contributed by atoms with E-state index in [1.54, 1.807) is 42.1 Å². The molecule has 0 radical (unpaired) electrons. The second-order valence-electron chi connectivity index (χ2n) is 7.77. The van der Waals surface area contributed by atoms with Gasteiger partial charge in [0.15, 0.2) is 5.65 Å². The van der Waals surface area contributed by atoms with E-state index in [9.17, 15) is 14.4 Å². The quantitative estimate of drug-likeness (QED) is 0.349. The van der Waals surface area contributed by atoms with Gasteiger partial charge in [0.1, 0.15) is 6.61 Å². The number of aryl methyl sites for hydroxylation is 2. The van der Waals surface area contributed by atoms with Gasteiger partial charge in [-0.2, -0.15) is 5.10 Å². The van der Waals surface area contributed by atoms with Crippen LogP contribution in [-0.4, -0.2) is 50.6 Å². The molecule has 0 aliphatic carbocycles. The summed E-state index contributed by atoms with van der Waals surface area (Å²) in [5.41, 5.74) is 3.78. The van der Waals surface area contributed by atoms with Crippen molar-refractivity contribution >= 4 is 28.8 Å². The number of amides is 2. The Morgan fingerprint density at radius 3 is 2.27 bits per heavy atom.